The number of anilines is 1. The number of benzene rings is 1. The van der Waals surface area contributed by atoms with Crippen LogP contribution < -0.4 is 5.32 Å². The van der Waals surface area contributed by atoms with Crippen molar-refractivity contribution in [3.05, 3.63) is 40.2 Å². The van der Waals surface area contributed by atoms with Gasteiger partial charge in [0.15, 0.2) is 5.69 Å². The van der Waals surface area contributed by atoms with Gasteiger partial charge in [0.2, 0.25) is 11.6 Å². The molecular weight excluding hydrogens is 376 g/mol. The summed E-state index contributed by atoms with van der Waals surface area (Å²) in [6, 6.07) is 5.16. The fourth-order valence-electron chi connectivity index (χ4n) is 2.21. The molecule has 2 rings (SSSR count). The van der Waals surface area contributed by atoms with Crippen LogP contribution in [0.15, 0.2) is 18.2 Å². The molecule has 0 bridgehead atoms. The number of esters is 2. The average molecular weight is 395 g/mol. The highest BCUT2D eigenvalue weighted by Gasteiger charge is 2.28. The summed E-state index contributed by atoms with van der Waals surface area (Å²) in [5, 5.41) is 10.4. The minimum Gasteiger partial charge on any atom is -0.461 e. The van der Waals surface area contributed by atoms with Gasteiger partial charge >= 0.3 is 11.9 Å². The largest absolute Gasteiger partial charge is 0.461 e. The third-order valence-electron chi connectivity index (χ3n) is 3.36. The van der Waals surface area contributed by atoms with Crippen molar-refractivity contribution >= 4 is 35.1 Å². The van der Waals surface area contributed by atoms with Gasteiger partial charge in [-0.2, -0.15) is 0 Å². The molecule has 0 atom stereocenters. The zero-order valence-electron chi connectivity index (χ0n) is 15.1. The van der Waals surface area contributed by atoms with Crippen LogP contribution in [0.1, 0.15) is 40.4 Å². The fourth-order valence-corrected chi connectivity index (χ4v) is 2.49. The Labute approximate surface area is 160 Å². The summed E-state index contributed by atoms with van der Waals surface area (Å²) >= 11 is 6.10. The summed E-state index contributed by atoms with van der Waals surface area (Å²) in [7, 11) is 0. The van der Waals surface area contributed by atoms with Gasteiger partial charge in [-0.05, 0) is 38.5 Å². The Kier molecular flexibility index (Phi) is 6.89. The number of amides is 1. The molecule has 0 saturated heterocycles. The summed E-state index contributed by atoms with van der Waals surface area (Å²) < 4.78 is 10.8. The van der Waals surface area contributed by atoms with Crippen molar-refractivity contribution in [2.24, 2.45) is 0 Å². The first kappa shape index (κ1) is 20.4. The van der Waals surface area contributed by atoms with Gasteiger partial charge in [-0.1, -0.05) is 22.9 Å². The third-order valence-corrected chi connectivity index (χ3v) is 3.68. The maximum Gasteiger partial charge on any atom is 0.361 e. The molecule has 0 fully saturated rings. The minimum absolute atomic E-state index is 0.0808. The summed E-state index contributed by atoms with van der Waals surface area (Å²) in [6.07, 6.45) is 0. The second-order valence-electron chi connectivity index (χ2n) is 5.42. The Morgan fingerprint density at radius 1 is 1.15 bits per heavy atom. The minimum atomic E-state index is -0.827. The van der Waals surface area contributed by atoms with Crippen LogP contribution in [0.25, 0.3) is 0 Å². The first-order valence-corrected chi connectivity index (χ1v) is 8.58. The number of aromatic nitrogens is 3. The lowest BCUT2D eigenvalue weighted by atomic mass is 10.2. The Morgan fingerprint density at radius 3 is 2.44 bits per heavy atom. The van der Waals surface area contributed by atoms with Gasteiger partial charge in [-0.3, -0.25) is 4.79 Å². The van der Waals surface area contributed by atoms with Crippen LogP contribution >= 0.6 is 11.6 Å². The zero-order valence-corrected chi connectivity index (χ0v) is 15.9. The van der Waals surface area contributed by atoms with E-state index in [1.54, 1.807) is 32.0 Å². The van der Waals surface area contributed by atoms with Crippen molar-refractivity contribution in [3.8, 4) is 0 Å². The molecule has 27 heavy (non-hydrogen) atoms. The molecule has 0 saturated carbocycles. The molecule has 1 heterocycles. The SMILES string of the molecule is CCOC(=O)c1nnn(CC(=O)Nc2ccc(C)cc2Cl)c1C(=O)OCC. The molecule has 0 unspecified atom stereocenters. The fraction of sp³-hybridized carbons (Fsp3) is 0.353. The Balaban J connectivity index is 2.25. The molecule has 9 nitrogen and oxygen atoms in total. The molecule has 0 spiro atoms. The van der Waals surface area contributed by atoms with Crippen LogP contribution in [0.5, 0.6) is 0 Å². The topological polar surface area (TPSA) is 112 Å². The quantitative estimate of drug-likeness (QED) is 0.716. The number of nitrogens with one attached hydrogen (secondary N) is 1. The number of aryl methyl sites for hydroxylation is 1. The lowest BCUT2D eigenvalue weighted by Crippen LogP contribution is -2.24. The molecule has 2 aromatic rings. The molecule has 0 aliphatic carbocycles. The van der Waals surface area contributed by atoms with Crippen molar-refractivity contribution in [2.75, 3.05) is 18.5 Å². The molecule has 1 aromatic carbocycles. The van der Waals surface area contributed by atoms with Crippen molar-refractivity contribution in [1.82, 2.24) is 15.0 Å². The number of rotatable bonds is 7. The number of carbonyl (C=O) groups is 3. The number of halogens is 1. The maximum absolute atomic E-state index is 12.3. The van der Waals surface area contributed by atoms with Gasteiger partial charge in [-0.15, -0.1) is 5.10 Å². The van der Waals surface area contributed by atoms with Crippen LogP contribution in [-0.4, -0.2) is 46.1 Å². The summed E-state index contributed by atoms with van der Waals surface area (Å²) in [4.78, 5) is 36.5. The first-order chi connectivity index (χ1) is 12.9. The van der Waals surface area contributed by atoms with E-state index in [2.05, 4.69) is 15.6 Å². The molecule has 10 heteroatoms. The van der Waals surface area contributed by atoms with E-state index in [1.807, 2.05) is 6.92 Å². The number of hydrogen-bond donors (Lipinski definition) is 1. The highest BCUT2D eigenvalue weighted by molar-refractivity contribution is 6.33. The van der Waals surface area contributed by atoms with Gasteiger partial charge in [0.05, 0.1) is 23.9 Å². The highest BCUT2D eigenvalue weighted by Crippen LogP contribution is 2.22. The Morgan fingerprint density at radius 2 is 1.81 bits per heavy atom. The number of ether oxygens (including phenoxy) is 2. The second-order valence-corrected chi connectivity index (χ2v) is 5.82. The third kappa shape index (κ3) is 5.04. The van der Waals surface area contributed by atoms with Crippen LogP contribution in [-0.2, 0) is 20.8 Å². The molecule has 1 N–H and O–H groups in total. The summed E-state index contributed by atoms with van der Waals surface area (Å²) in [5.74, 6) is -2.16. The highest BCUT2D eigenvalue weighted by atomic mass is 35.5. The van der Waals surface area contributed by atoms with E-state index < -0.39 is 17.8 Å². The van der Waals surface area contributed by atoms with Crippen molar-refractivity contribution in [2.45, 2.75) is 27.3 Å². The lowest BCUT2D eigenvalue weighted by molar-refractivity contribution is -0.116. The molecule has 0 aliphatic heterocycles. The smallest absolute Gasteiger partial charge is 0.361 e. The molecule has 0 radical (unpaired) electrons. The monoisotopic (exact) mass is 394 g/mol. The van der Waals surface area contributed by atoms with E-state index >= 15 is 0 Å². The van der Waals surface area contributed by atoms with E-state index in [0.29, 0.717) is 10.7 Å². The van der Waals surface area contributed by atoms with Gasteiger partial charge in [-0.25, -0.2) is 14.3 Å². The van der Waals surface area contributed by atoms with Crippen molar-refractivity contribution in [3.63, 3.8) is 0 Å². The predicted molar refractivity (Wildman–Crippen MR) is 96.8 cm³/mol. The van der Waals surface area contributed by atoms with Crippen LogP contribution in [0, 0.1) is 6.92 Å². The van der Waals surface area contributed by atoms with Gasteiger partial charge in [0, 0.05) is 0 Å². The standard InChI is InChI=1S/C17H19ClN4O5/c1-4-26-16(24)14-15(17(25)27-5-2)22(21-20-14)9-13(23)19-12-7-6-10(3)8-11(12)18/h6-8H,4-5,9H2,1-3H3,(H,19,23). The lowest BCUT2D eigenvalue weighted by Gasteiger charge is -2.09. The van der Waals surface area contributed by atoms with Crippen LogP contribution in [0.4, 0.5) is 5.69 Å². The summed E-state index contributed by atoms with van der Waals surface area (Å²) in [5.41, 5.74) is 0.797. The second kappa shape index (κ2) is 9.13. The Bertz CT molecular complexity index is 865. The van der Waals surface area contributed by atoms with Crippen LogP contribution in [0.3, 0.4) is 0 Å². The van der Waals surface area contributed by atoms with E-state index in [0.717, 1.165) is 10.2 Å². The number of carbonyl (C=O) groups excluding carboxylic acids is 3. The first-order valence-electron chi connectivity index (χ1n) is 8.21. The zero-order chi connectivity index (χ0) is 20.0. The van der Waals surface area contributed by atoms with Crippen LogP contribution in [0.2, 0.25) is 5.02 Å². The molecular formula is C17H19ClN4O5. The van der Waals surface area contributed by atoms with E-state index in [4.69, 9.17) is 21.1 Å². The number of nitrogens with zero attached hydrogens (tertiary/aromatic N) is 3. The van der Waals surface area contributed by atoms with Gasteiger partial charge < -0.3 is 14.8 Å². The average Bonchev–Trinajstić information content (AvgIpc) is 3.01. The molecule has 0 aliphatic rings. The van der Waals surface area contributed by atoms with E-state index in [9.17, 15) is 14.4 Å². The van der Waals surface area contributed by atoms with Gasteiger partial charge in [0.1, 0.15) is 6.54 Å². The maximum atomic E-state index is 12.3. The molecule has 144 valence electrons. The molecule has 1 amide bonds. The normalized spacial score (nSPS) is 10.4. The van der Waals surface area contributed by atoms with Gasteiger partial charge in [0.25, 0.3) is 0 Å². The Hall–Kier alpha value is -2.94. The number of hydrogen-bond acceptors (Lipinski definition) is 7. The van der Waals surface area contributed by atoms with Crippen molar-refractivity contribution in [1.29, 1.82) is 0 Å². The van der Waals surface area contributed by atoms with E-state index in [-0.39, 0.29) is 31.1 Å². The molecule has 1 aromatic heterocycles. The van der Waals surface area contributed by atoms with Crippen molar-refractivity contribution < 1.29 is 23.9 Å². The predicted octanol–water partition coefficient (Wildman–Crippen LogP) is 2.23. The summed E-state index contributed by atoms with van der Waals surface area (Å²) in [6.45, 7) is 4.91. The van der Waals surface area contributed by atoms with E-state index in [1.165, 1.54) is 0 Å².